The second kappa shape index (κ2) is 6.76. The number of hydrogen-bond donors (Lipinski definition) is 2. The smallest absolute Gasteiger partial charge is 0.251 e. The van der Waals surface area contributed by atoms with Gasteiger partial charge in [-0.2, -0.15) is 0 Å². The molecule has 0 saturated carbocycles. The molecule has 2 N–H and O–H groups in total. The van der Waals surface area contributed by atoms with Crippen molar-refractivity contribution in [2.75, 3.05) is 19.6 Å². The number of fused-ring (bicyclic) bond motifs is 3. The van der Waals surface area contributed by atoms with Gasteiger partial charge < -0.3 is 20.1 Å². The zero-order valence-electron chi connectivity index (χ0n) is 14.0. The minimum Gasteiger partial charge on any atom is -0.504 e. The first-order valence-corrected chi connectivity index (χ1v) is 8.78. The lowest BCUT2D eigenvalue weighted by Gasteiger charge is -2.44. The highest BCUT2D eigenvalue weighted by Gasteiger charge is 2.34. The molecule has 3 saturated heterocycles. The fourth-order valence-electron chi connectivity index (χ4n) is 3.73. The van der Waals surface area contributed by atoms with Gasteiger partial charge in [-0.25, -0.2) is 0 Å². The number of para-hydroxylation sites is 2. The first kappa shape index (κ1) is 16.0. The summed E-state index contributed by atoms with van der Waals surface area (Å²) in [6.07, 6.45) is 2.36. The van der Waals surface area contributed by atoms with Crippen LogP contribution in [0.25, 0.3) is 0 Å². The molecule has 2 bridgehead atoms. The topological polar surface area (TPSA) is 61.8 Å². The van der Waals surface area contributed by atoms with Gasteiger partial charge in [0.05, 0.1) is 0 Å². The van der Waals surface area contributed by atoms with E-state index in [1.165, 1.54) is 12.8 Å². The van der Waals surface area contributed by atoms with Crippen LogP contribution in [0.1, 0.15) is 23.2 Å². The first-order valence-electron chi connectivity index (χ1n) is 8.78. The minimum absolute atomic E-state index is 0.0344. The normalized spacial score (nSPS) is 24.7. The van der Waals surface area contributed by atoms with Crippen LogP contribution in [-0.2, 0) is 0 Å². The van der Waals surface area contributed by atoms with Crippen molar-refractivity contribution in [1.82, 2.24) is 10.2 Å². The number of hydrogen-bond acceptors (Lipinski definition) is 4. The number of nitrogens with zero attached hydrogens (tertiary/aromatic N) is 1. The van der Waals surface area contributed by atoms with Crippen LogP contribution >= 0.6 is 0 Å². The maximum absolute atomic E-state index is 12.5. The van der Waals surface area contributed by atoms with Gasteiger partial charge >= 0.3 is 0 Å². The Bertz CT molecular complexity index is 752. The number of phenols is 1. The summed E-state index contributed by atoms with van der Waals surface area (Å²) in [4.78, 5) is 14.9. The number of carbonyl (C=O) groups excluding carboxylic acids is 1. The Morgan fingerprint density at radius 2 is 1.80 bits per heavy atom. The highest BCUT2D eigenvalue weighted by molar-refractivity contribution is 5.94. The number of carbonyl (C=O) groups is 1. The van der Waals surface area contributed by atoms with Gasteiger partial charge in [0, 0.05) is 18.2 Å². The van der Waals surface area contributed by atoms with Crippen molar-refractivity contribution in [3.05, 3.63) is 54.1 Å². The van der Waals surface area contributed by atoms with Gasteiger partial charge in [0.1, 0.15) is 5.75 Å². The fraction of sp³-hybridized carbons (Fsp3) is 0.350. The monoisotopic (exact) mass is 338 g/mol. The maximum Gasteiger partial charge on any atom is 0.251 e. The zero-order valence-corrected chi connectivity index (χ0v) is 14.0. The van der Waals surface area contributed by atoms with Gasteiger partial charge in [-0.05, 0) is 68.2 Å². The third-order valence-corrected chi connectivity index (χ3v) is 5.18. The van der Waals surface area contributed by atoms with E-state index in [1.54, 1.807) is 48.5 Å². The lowest BCUT2D eigenvalue weighted by atomic mass is 9.84. The molecule has 1 amide bonds. The molecule has 5 nitrogen and oxygen atoms in total. The zero-order chi connectivity index (χ0) is 17.2. The lowest BCUT2D eigenvalue weighted by Crippen LogP contribution is -2.57. The fourth-order valence-corrected chi connectivity index (χ4v) is 3.73. The van der Waals surface area contributed by atoms with E-state index < -0.39 is 0 Å². The second-order valence-corrected chi connectivity index (χ2v) is 6.81. The Kier molecular flexibility index (Phi) is 4.32. The molecule has 0 radical (unpaired) electrons. The molecule has 5 rings (SSSR count). The molecule has 0 spiro atoms. The maximum atomic E-state index is 12.5. The van der Waals surface area contributed by atoms with Crippen molar-refractivity contribution in [3.8, 4) is 17.2 Å². The Morgan fingerprint density at radius 3 is 2.44 bits per heavy atom. The van der Waals surface area contributed by atoms with Crippen LogP contribution in [0.15, 0.2) is 48.5 Å². The predicted molar refractivity (Wildman–Crippen MR) is 95.0 cm³/mol. The van der Waals surface area contributed by atoms with Crippen LogP contribution in [-0.4, -0.2) is 41.6 Å². The molecule has 3 heterocycles. The molecular formula is C20H22N2O3. The van der Waals surface area contributed by atoms with Crippen LogP contribution in [0, 0.1) is 5.92 Å². The molecular weight excluding hydrogens is 316 g/mol. The molecule has 3 aliphatic heterocycles. The highest BCUT2D eigenvalue weighted by atomic mass is 16.5. The molecule has 0 aliphatic carbocycles. The average Bonchev–Trinajstić information content (AvgIpc) is 2.65. The van der Waals surface area contributed by atoms with Crippen molar-refractivity contribution >= 4 is 5.91 Å². The molecule has 0 aromatic heterocycles. The van der Waals surface area contributed by atoms with Crippen LogP contribution in [0.4, 0.5) is 0 Å². The molecule has 2 aromatic carbocycles. The Balaban J connectivity index is 1.40. The standard InChI is InChI=1S/C20H22N2O3/c23-18-3-1-2-4-19(18)25-16-7-5-15(6-8-16)20(24)21-17-13-22-11-9-14(17)10-12-22/h1-8,14,17,23H,9-13H2,(H,21,24)/t17-/m0/s1. The third-order valence-electron chi connectivity index (χ3n) is 5.18. The molecule has 3 aliphatic rings. The number of ether oxygens (including phenoxy) is 1. The van der Waals surface area contributed by atoms with E-state index in [0.717, 1.165) is 19.6 Å². The van der Waals surface area contributed by atoms with Crippen molar-refractivity contribution in [2.24, 2.45) is 5.92 Å². The van der Waals surface area contributed by atoms with E-state index in [-0.39, 0.29) is 17.7 Å². The SMILES string of the molecule is O=C(N[C@H]1CN2CCC1CC2)c1ccc(Oc2ccccc2O)cc1. The van der Waals surface area contributed by atoms with Crippen molar-refractivity contribution < 1.29 is 14.6 Å². The molecule has 5 heteroatoms. The number of rotatable bonds is 4. The van der Waals surface area contributed by atoms with Gasteiger partial charge in [0.15, 0.2) is 11.5 Å². The summed E-state index contributed by atoms with van der Waals surface area (Å²) in [5.74, 6) is 1.64. The summed E-state index contributed by atoms with van der Waals surface area (Å²) >= 11 is 0. The molecule has 130 valence electrons. The van der Waals surface area contributed by atoms with E-state index in [4.69, 9.17) is 4.74 Å². The number of phenolic OH excluding ortho intramolecular Hbond substituents is 1. The number of amides is 1. The van der Waals surface area contributed by atoms with Gasteiger partial charge in [-0.15, -0.1) is 0 Å². The van der Waals surface area contributed by atoms with Crippen LogP contribution in [0.2, 0.25) is 0 Å². The quantitative estimate of drug-likeness (QED) is 0.900. The van der Waals surface area contributed by atoms with Crippen molar-refractivity contribution in [3.63, 3.8) is 0 Å². The summed E-state index contributed by atoms with van der Waals surface area (Å²) in [5.41, 5.74) is 0.626. The number of piperidine rings is 3. The Hall–Kier alpha value is -2.53. The van der Waals surface area contributed by atoms with Gasteiger partial charge in [-0.1, -0.05) is 12.1 Å². The van der Waals surface area contributed by atoms with Crippen molar-refractivity contribution in [2.45, 2.75) is 18.9 Å². The van der Waals surface area contributed by atoms with E-state index in [1.807, 2.05) is 0 Å². The Morgan fingerprint density at radius 1 is 1.08 bits per heavy atom. The van der Waals surface area contributed by atoms with Crippen LogP contribution in [0.3, 0.4) is 0 Å². The molecule has 25 heavy (non-hydrogen) atoms. The summed E-state index contributed by atoms with van der Waals surface area (Å²) in [6.45, 7) is 3.29. The number of nitrogens with one attached hydrogen (secondary N) is 1. The van der Waals surface area contributed by atoms with Crippen LogP contribution in [0.5, 0.6) is 17.2 Å². The van der Waals surface area contributed by atoms with Gasteiger partial charge in [0.2, 0.25) is 0 Å². The van der Waals surface area contributed by atoms with Crippen LogP contribution < -0.4 is 10.1 Å². The van der Waals surface area contributed by atoms with E-state index in [0.29, 0.717) is 23.0 Å². The van der Waals surface area contributed by atoms with Gasteiger partial charge in [-0.3, -0.25) is 4.79 Å². The third kappa shape index (κ3) is 3.46. The molecule has 1 atom stereocenters. The van der Waals surface area contributed by atoms with E-state index in [9.17, 15) is 9.90 Å². The Labute approximate surface area is 147 Å². The first-order chi connectivity index (χ1) is 12.2. The second-order valence-electron chi connectivity index (χ2n) is 6.81. The summed E-state index contributed by atoms with van der Waals surface area (Å²) in [7, 11) is 0. The highest BCUT2D eigenvalue weighted by Crippen LogP contribution is 2.30. The van der Waals surface area contributed by atoms with Gasteiger partial charge in [0.25, 0.3) is 5.91 Å². The minimum atomic E-state index is -0.0344. The number of aromatic hydroxyl groups is 1. The number of benzene rings is 2. The summed E-state index contributed by atoms with van der Waals surface area (Å²) < 4.78 is 5.65. The molecule has 0 unspecified atom stereocenters. The molecule has 2 aromatic rings. The van der Waals surface area contributed by atoms with Crippen molar-refractivity contribution in [1.29, 1.82) is 0 Å². The average molecular weight is 338 g/mol. The summed E-state index contributed by atoms with van der Waals surface area (Å²) in [5, 5.41) is 12.9. The largest absolute Gasteiger partial charge is 0.504 e. The lowest BCUT2D eigenvalue weighted by molar-refractivity contribution is 0.0620. The van der Waals surface area contributed by atoms with E-state index in [2.05, 4.69) is 10.2 Å². The predicted octanol–water partition coefficient (Wildman–Crippen LogP) is 3.01. The van der Waals surface area contributed by atoms with E-state index >= 15 is 0 Å². The summed E-state index contributed by atoms with van der Waals surface area (Å²) in [6, 6.07) is 14.1. The molecule has 3 fully saturated rings.